The van der Waals surface area contributed by atoms with Crippen molar-refractivity contribution in [2.75, 3.05) is 25.2 Å². The van der Waals surface area contributed by atoms with Gasteiger partial charge in [0.05, 0.1) is 0 Å². The number of rotatable bonds is 9. The van der Waals surface area contributed by atoms with E-state index in [1.54, 1.807) is 18.5 Å². The van der Waals surface area contributed by atoms with Crippen LogP contribution in [0.4, 0.5) is 17.3 Å². The minimum atomic E-state index is -6.00. The van der Waals surface area contributed by atoms with Crippen LogP contribution < -0.4 is 0 Å². The van der Waals surface area contributed by atoms with Crippen molar-refractivity contribution in [1.29, 1.82) is 0 Å². The maximum atomic E-state index is 9.75. The van der Waals surface area contributed by atoms with E-state index in [0.717, 1.165) is 0 Å². The predicted molar refractivity (Wildman–Crippen MR) is 83.8 cm³/mol. The van der Waals surface area contributed by atoms with Gasteiger partial charge in [0.2, 0.25) is 0 Å². The second-order valence-electron chi connectivity index (χ2n) is 5.62. The number of halogens is 4. The zero-order valence-electron chi connectivity index (χ0n) is 13.0. The molecule has 19 heavy (non-hydrogen) atoms. The van der Waals surface area contributed by atoms with Crippen LogP contribution in [0.25, 0.3) is 0 Å². The average Bonchev–Trinajstić information content (AvgIpc) is 2.30. The van der Waals surface area contributed by atoms with Crippen LogP contribution in [-0.4, -0.2) is 32.4 Å². The van der Waals surface area contributed by atoms with Crippen molar-refractivity contribution in [3.8, 4) is 0 Å². The van der Waals surface area contributed by atoms with Crippen LogP contribution in [0.1, 0.15) is 59.3 Å². The van der Waals surface area contributed by atoms with Crippen LogP contribution in [0.3, 0.4) is 0 Å². The van der Waals surface area contributed by atoms with E-state index in [2.05, 4.69) is 27.4 Å². The summed E-state index contributed by atoms with van der Waals surface area (Å²) >= 11 is 0. The van der Waals surface area contributed by atoms with E-state index in [-0.39, 0.29) is 0 Å². The maximum Gasteiger partial charge on any atom is 0.673 e. The van der Waals surface area contributed by atoms with E-state index in [1.165, 1.54) is 38.5 Å². The zero-order valence-corrected chi connectivity index (χ0v) is 14.0. The molecule has 0 N–H and O–H groups in total. The summed E-state index contributed by atoms with van der Waals surface area (Å²) < 4.78 is 39.0. The number of hydrogen-bond acceptors (Lipinski definition) is 0. The van der Waals surface area contributed by atoms with Crippen molar-refractivity contribution in [3.05, 3.63) is 0 Å². The number of unbranched alkanes of at least 4 members (excludes halogenated alkanes) is 3. The second-order valence-corrected chi connectivity index (χ2v) is 10.7. The van der Waals surface area contributed by atoms with Gasteiger partial charge in [0, 0.05) is 0 Å². The molecule has 0 saturated carbocycles. The zero-order chi connectivity index (χ0) is 15.4. The Morgan fingerprint density at radius 3 is 1.05 bits per heavy atom. The van der Waals surface area contributed by atoms with Crippen molar-refractivity contribution in [1.82, 2.24) is 0 Å². The van der Waals surface area contributed by atoms with Gasteiger partial charge in [0.15, 0.2) is 0 Å². The quantitative estimate of drug-likeness (QED) is 0.276. The largest absolute Gasteiger partial charge is 0.673 e. The molecule has 0 radical (unpaired) electrons. The molecule has 0 nitrogen and oxygen atoms in total. The van der Waals surface area contributed by atoms with Gasteiger partial charge in [-0.15, -0.1) is 0 Å². The molecular weight excluding hydrogens is 274 g/mol. The first kappa shape index (κ1) is 21.5. The summed E-state index contributed by atoms with van der Waals surface area (Å²) in [6, 6.07) is 0. The molecule has 120 valence electrons. The Hall–Kier alpha value is 0.215. The molecular formula is C13H31BF4P-. The van der Waals surface area contributed by atoms with Crippen LogP contribution >= 0.6 is 7.26 Å². The van der Waals surface area contributed by atoms with Crippen LogP contribution in [0.5, 0.6) is 0 Å². The first-order valence-electron chi connectivity index (χ1n) is 7.55. The molecule has 0 aromatic carbocycles. The molecule has 0 aliphatic carbocycles. The Bertz CT molecular complexity index is 170. The molecule has 0 fully saturated rings. The summed E-state index contributed by atoms with van der Waals surface area (Å²) in [4.78, 5) is 0. The summed E-state index contributed by atoms with van der Waals surface area (Å²) in [5.74, 6) is 0. The monoisotopic (exact) mass is 305 g/mol. The Kier molecular flexibility index (Phi) is 13.6. The first-order valence-corrected chi connectivity index (χ1v) is 10.7. The van der Waals surface area contributed by atoms with Gasteiger partial charge >= 0.3 is 99.0 Å². The van der Waals surface area contributed by atoms with E-state index in [1.807, 2.05) is 0 Å². The molecule has 0 heterocycles. The fourth-order valence-corrected chi connectivity index (χ4v) is 6.56. The molecule has 0 aromatic rings. The molecule has 0 bridgehead atoms. The van der Waals surface area contributed by atoms with Gasteiger partial charge in [-0.3, -0.25) is 0 Å². The van der Waals surface area contributed by atoms with Crippen molar-refractivity contribution in [2.24, 2.45) is 0 Å². The van der Waals surface area contributed by atoms with E-state index in [0.29, 0.717) is 0 Å². The molecule has 6 heteroatoms. The van der Waals surface area contributed by atoms with Gasteiger partial charge in [-0.05, 0) is 0 Å². The standard InChI is InChI=1S/C13H31P.BF4/c1-5-8-11-14(4,12-9-6-2)13-10-7-3;2-1(3,4)5/h14H,5-13H2,1-4H3;/q;-1. The van der Waals surface area contributed by atoms with Crippen molar-refractivity contribution >= 4 is 14.5 Å². The summed E-state index contributed by atoms with van der Waals surface area (Å²) in [7, 11) is -6.81. The molecule has 0 saturated heterocycles. The molecule has 0 unspecified atom stereocenters. The Labute approximate surface area is 117 Å². The van der Waals surface area contributed by atoms with Crippen LogP contribution in [0.2, 0.25) is 0 Å². The van der Waals surface area contributed by atoms with E-state index in [9.17, 15) is 17.3 Å². The molecule has 0 amide bonds. The summed E-state index contributed by atoms with van der Waals surface area (Å²) in [5.41, 5.74) is 0. The fraction of sp³-hybridized carbons (Fsp3) is 1.00. The van der Waals surface area contributed by atoms with Crippen molar-refractivity contribution < 1.29 is 17.3 Å². The second kappa shape index (κ2) is 12.0. The third-order valence-electron chi connectivity index (χ3n) is 3.40. The van der Waals surface area contributed by atoms with Crippen LogP contribution in [-0.2, 0) is 0 Å². The minimum absolute atomic E-state index is 0.812. The summed E-state index contributed by atoms with van der Waals surface area (Å²) in [5, 5.41) is 0. The SMILES string of the molecule is CCCC[PH](C)(CCCC)CCCC.F[B-](F)(F)F. The maximum absolute atomic E-state index is 9.75. The summed E-state index contributed by atoms with van der Waals surface area (Å²) in [6.07, 6.45) is 13.4. The summed E-state index contributed by atoms with van der Waals surface area (Å²) in [6.45, 7) is 9.63. The van der Waals surface area contributed by atoms with Gasteiger partial charge in [-0.1, -0.05) is 0 Å². The Morgan fingerprint density at radius 2 is 0.895 bits per heavy atom. The van der Waals surface area contributed by atoms with Gasteiger partial charge in [-0.25, -0.2) is 0 Å². The smallest absolute Gasteiger partial charge is 0.418 e. The fourth-order valence-electron chi connectivity index (χ4n) is 2.19. The van der Waals surface area contributed by atoms with Crippen LogP contribution in [0.15, 0.2) is 0 Å². The Balaban J connectivity index is 0. The third kappa shape index (κ3) is 20.7. The average molecular weight is 305 g/mol. The predicted octanol–water partition coefficient (Wildman–Crippen LogP) is 6.07. The van der Waals surface area contributed by atoms with E-state index in [4.69, 9.17) is 0 Å². The number of hydrogen-bond donors (Lipinski definition) is 0. The molecule has 0 aromatic heterocycles. The van der Waals surface area contributed by atoms with Crippen LogP contribution in [0, 0.1) is 0 Å². The van der Waals surface area contributed by atoms with E-state index >= 15 is 0 Å². The van der Waals surface area contributed by atoms with Gasteiger partial charge in [-0.2, -0.15) is 0 Å². The molecule has 0 rings (SSSR count). The molecule has 0 aliphatic rings. The van der Waals surface area contributed by atoms with Gasteiger partial charge in [0.1, 0.15) is 0 Å². The normalized spacial score (nSPS) is 12.8. The molecule has 0 atom stereocenters. The van der Waals surface area contributed by atoms with E-state index < -0.39 is 14.5 Å². The van der Waals surface area contributed by atoms with Crippen molar-refractivity contribution in [2.45, 2.75) is 59.3 Å². The van der Waals surface area contributed by atoms with Gasteiger partial charge in [0.25, 0.3) is 0 Å². The van der Waals surface area contributed by atoms with Gasteiger partial charge < -0.3 is 17.3 Å². The minimum Gasteiger partial charge on any atom is -0.418 e. The molecule has 0 spiro atoms. The van der Waals surface area contributed by atoms with Crippen molar-refractivity contribution in [3.63, 3.8) is 0 Å². The third-order valence-corrected chi connectivity index (χ3v) is 8.08. The molecule has 0 aliphatic heterocycles. The Morgan fingerprint density at radius 1 is 0.684 bits per heavy atom. The first-order chi connectivity index (χ1) is 8.68. The topological polar surface area (TPSA) is 0 Å².